The zero-order chi connectivity index (χ0) is 14.6. The number of likely N-dealkylation sites (N-methyl/N-ethyl adjacent to an activating group) is 1. The van der Waals surface area contributed by atoms with Crippen molar-refractivity contribution < 1.29 is 4.79 Å². The van der Waals surface area contributed by atoms with Crippen LogP contribution < -0.4 is 11.1 Å². The zero-order valence-corrected chi connectivity index (χ0v) is 12.5. The number of nitrogens with two attached hydrogens (primary N) is 1. The largest absolute Gasteiger partial charge is 0.366 e. The lowest BCUT2D eigenvalue weighted by molar-refractivity contribution is 0.0999. The van der Waals surface area contributed by atoms with Gasteiger partial charge >= 0.3 is 0 Å². The van der Waals surface area contributed by atoms with Crippen LogP contribution >= 0.6 is 0 Å². The summed E-state index contributed by atoms with van der Waals surface area (Å²) in [6.07, 6.45) is 5.09. The molecule has 0 radical (unpaired) electrons. The smallest absolute Gasteiger partial charge is 0.249 e. The summed E-state index contributed by atoms with van der Waals surface area (Å²) in [7, 11) is 4.31. The Bertz CT molecular complexity index is 465. The van der Waals surface area contributed by atoms with Gasteiger partial charge in [0.2, 0.25) is 5.91 Å². The molecule has 0 atom stereocenters. The Kier molecular flexibility index (Phi) is 4.78. The fourth-order valence-electron chi connectivity index (χ4n) is 3.16. The third-order valence-corrected chi connectivity index (χ3v) is 4.54. The number of carbonyl (C=O) groups excluding carboxylic acids is 1. The molecule has 2 rings (SSSR count). The predicted octanol–water partition coefficient (Wildman–Crippen LogP) is 1.75. The highest BCUT2D eigenvalue weighted by atomic mass is 16.1. The Balaban J connectivity index is 1.97. The van der Waals surface area contributed by atoms with Crippen molar-refractivity contribution in [1.82, 2.24) is 10.2 Å². The van der Waals surface area contributed by atoms with Gasteiger partial charge in [-0.2, -0.15) is 0 Å². The Hall–Kier alpha value is -1.39. The second-order valence-corrected chi connectivity index (χ2v) is 5.95. The second kappa shape index (κ2) is 6.37. The van der Waals surface area contributed by atoms with Gasteiger partial charge in [0.1, 0.15) is 0 Å². The quantitative estimate of drug-likeness (QED) is 0.831. The molecule has 20 heavy (non-hydrogen) atoms. The van der Waals surface area contributed by atoms with Crippen LogP contribution in [0.25, 0.3) is 0 Å². The standard InChI is InChI=1S/C16H25N3O/c1-19(2)16(9-5-6-10-16)12-18-11-13-7-3-4-8-14(13)15(17)20/h3-4,7-8,18H,5-6,9-12H2,1-2H3,(H2,17,20). The van der Waals surface area contributed by atoms with E-state index in [-0.39, 0.29) is 11.4 Å². The summed E-state index contributed by atoms with van der Waals surface area (Å²) in [5.41, 5.74) is 7.27. The molecular formula is C16H25N3O. The van der Waals surface area contributed by atoms with Crippen LogP contribution in [-0.4, -0.2) is 37.0 Å². The van der Waals surface area contributed by atoms with Gasteiger partial charge in [-0.15, -0.1) is 0 Å². The Morgan fingerprint density at radius 1 is 1.30 bits per heavy atom. The normalized spacial score (nSPS) is 17.6. The molecule has 0 aromatic heterocycles. The number of amides is 1. The molecule has 0 unspecified atom stereocenters. The Labute approximate surface area is 121 Å². The average molecular weight is 275 g/mol. The number of hydrogen-bond acceptors (Lipinski definition) is 3. The first-order valence-electron chi connectivity index (χ1n) is 7.31. The minimum Gasteiger partial charge on any atom is -0.366 e. The number of rotatable bonds is 6. The maximum Gasteiger partial charge on any atom is 0.249 e. The second-order valence-electron chi connectivity index (χ2n) is 5.95. The molecule has 4 heteroatoms. The predicted molar refractivity (Wildman–Crippen MR) is 81.6 cm³/mol. The molecule has 0 heterocycles. The monoisotopic (exact) mass is 275 g/mol. The number of hydrogen-bond donors (Lipinski definition) is 2. The van der Waals surface area contributed by atoms with Crippen molar-refractivity contribution in [3.8, 4) is 0 Å². The zero-order valence-electron chi connectivity index (χ0n) is 12.5. The van der Waals surface area contributed by atoms with E-state index in [0.29, 0.717) is 12.1 Å². The molecular weight excluding hydrogens is 250 g/mol. The van der Waals surface area contributed by atoms with Gasteiger partial charge in [0.25, 0.3) is 0 Å². The Morgan fingerprint density at radius 3 is 2.55 bits per heavy atom. The maximum atomic E-state index is 11.4. The number of nitrogens with one attached hydrogen (secondary N) is 1. The van der Waals surface area contributed by atoms with Gasteiger partial charge in [-0.1, -0.05) is 31.0 Å². The van der Waals surface area contributed by atoms with E-state index in [9.17, 15) is 4.79 Å². The summed E-state index contributed by atoms with van der Waals surface area (Å²) in [6, 6.07) is 7.54. The van der Waals surface area contributed by atoms with Crippen molar-refractivity contribution >= 4 is 5.91 Å². The lowest BCUT2D eigenvalue weighted by Gasteiger charge is -2.36. The van der Waals surface area contributed by atoms with Crippen molar-refractivity contribution in [3.05, 3.63) is 35.4 Å². The molecule has 0 aliphatic heterocycles. The van der Waals surface area contributed by atoms with Crippen LogP contribution in [0.1, 0.15) is 41.6 Å². The van der Waals surface area contributed by atoms with Crippen LogP contribution in [0.5, 0.6) is 0 Å². The molecule has 1 amide bonds. The molecule has 0 saturated heterocycles. The fraction of sp³-hybridized carbons (Fsp3) is 0.562. The van der Waals surface area contributed by atoms with Crippen molar-refractivity contribution in [2.75, 3.05) is 20.6 Å². The van der Waals surface area contributed by atoms with Gasteiger partial charge in [0.05, 0.1) is 0 Å². The third kappa shape index (κ3) is 3.19. The van der Waals surface area contributed by atoms with Gasteiger partial charge in [-0.25, -0.2) is 0 Å². The van der Waals surface area contributed by atoms with Crippen molar-refractivity contribution in [2.45, 2.75) is 37.8 Å². The minimum atomic E-state index is -0.356. The first-order chi connectivity index (χ1) is 9.55. The molecule has 0 spiro atoms. The SMILES string of the molecule is CN(C)C1(CNCc2ccccc2C(N)=O)CCCC1. The summed E-state index contributed by atoms with van der Waals surface area (Å²) in [5.74, 6) is -0.356. The summed E-state index contributed by atoms with van der Waals surface area (Å²) in [5, 5.41) is 3.51. The number of carbonyl (C=O) groups is 1. The fourth-order valence-corrected chi connectivity index (χ4v) is 3.16. The van der Waals surface area contributed by atoms with E-state index in [1.165, 1.54) is 25.7 Å². The first kappa shape index (κ1) is 15.0. The highest BCUT2D eigenvalue weighted by Gasteiger charge is 2.35. The van der Waals surface area contributed by atoms with Crippen LogP contribution in [0.4, 0.5) is 0 Å². The summed E-state index contributed by atoms with van der Waals surface area (Å²) in [4.78, 5) is 13.7. The van der Waals surface area contributed by atoms with Gasteiger partial charge in [-0.05, 0) is 38.6 Å². The minimum absolute atomic E-state index is 0.266. The highest BCUT2D eigenvalue weighted by molar-refractivity contribution is 5.94. The van der Waals surface area contributed by atoms with E-state index >= 15 is 0 Å². The van der Waals surface area contributed by atoms with Crippen LogP contribution in [-0.2, 0) is 6.54 Å². The van der Waals surface area contributed by atoms with E-state index in [2.05, 4.69) is 24.3 Å². The number of primary amides is 1. The van der Waals surface area contributed by atoms with Crippen LogP contribution in [0.2, 0.25) is 0 Å². The van der Waals surface area contributed by atoms with Crippen molar-refractivity contribution in [1.29, 1.82) is 0 Å². The molecule has 1 fully saturated rings. The van der Waals surface area contributed by atoms with E-state index in [1.54, 1.807) is 6.07 Å². The molecule has 1 aliphatic carbocycles. The lowest BCUT2D eigenvalue weighted by atomic mass is 9.95. The van der Waals surface area contributed by atoms with E-state index in [0.717, 1.165) is 12.1 Å². The number of benzene rings is 1. The third-order valence-electron chi connectivity index (χ3n) is 4.54. The van der Waals surface area contributed by atoms with E-state index in [1.807, 2.05) is 18.2 Å². The van der Waals surface area contributed by atoms with Gasteiger partial charge < -0.3 is 16.0 Å². The van der Waals surface area contributed by atoms with E-state index in [4.69, 9.17) is 5.73 Å². The van der Waals surface area contributed by atoms with Gasteiger partial charge in [0, 0.05) is 24.2 Å². The molecule has 4 nitrogen and oxygen atoms in total. The maximum absolute atomic E-state index is 11.4. The molecule has 0 bridgehead atoms. The summed E-state index contributed by atoms with van der Waals surface area (Å²) >= 11 is 0. The molecule has 1 saturated carbocycles. The molecule has 110 valence electrons. The topological polar surface area (TPSA) is 58.4 Å². The van der Waals surface area contributed by atoms with Crippen LogP contribution in [0.15, 0.2) is 24.3 Å². The average Bonchev–Trinajstić information content (AvgIpc) is 2.89. The van der Waals surface area contributed by atoms with Gasteiger partial charge in [0.15, 0.2) is 0 Å². The molecule has 1 aromatic carbocycles. The van der Waals surface area contributed by atoms with E-state index < -0.39 is 0 Å². The molecule has 3 N–H and O–H groups in total. The molecule has 1 aromatic rings. The highest BCUT2D eigenvalue weighted by Crippen LogP contribution is 2.33. The first-order valence-corrected chi connectivity index (χ1v) is 7.31. The van der Waals surface area contributed by atoms with Crippen molar-refractivity contribution in [3.63, 3.8) is 0 Å². The number of nitrogens with zero attached hydrogens (tertiary/aromatic N) is 1. The summed E-state index contributed by atoms with van der Waals surface area (Å²) in [6.45, 7) is 1.64. The summed E-state index contributed by atoms with van der Waals surface area (Å²) < 4.78 is 0. The lowest BCUT2D eigenvalue weighted by Crippen LogP contribution is -2.49. The van der Waals surface area contributed by atoms with Crippen molar-refractivity contribution in [2.24, 2.45) is 5.73 Å². The van der Waals surface area contributed by atoms with Gasteiger partial charge in [-0.3, -0.25) is 4.79 Å². The van der Waals surface area contributed by atoms with Crippen LogP contribution in [0, 0.1) is 0 Å². The van der Waals surface area contributed by atoms with Crippen LogP contribution in [0.3, 0.4) is 0 Å². The Morgan fingerprint density at radius 2 is 1.95 bits per heavy atom. The molecule has 1 aliphatic rings.